The van der Waals surface area contributed by atoms with Crippen LogP contribution >= 0.6 is 11.3 Å². The van der Waals surface area contributed by atoms with Crippen molar-refractivity contribution in [2.75, 3.05) is 13.7 Å². The van der Waals surface area contributed by atoms with Crippen molar-refractivity contribution in [3.05, 3.63) is 82.0 Å². The van der Waals surface area contributed by atoms with E-state index in [1.165, 1.54) is 18.4 Å². The molecule has 0 bridgehead atoms. The third-order valence-electron chi connectivity index (χ3n) is 6.96. The number of ether oxygens (including phenoxy) is 2. The highest BCUT2D eigenvalue weighted by Crippen LogP contribution is 2.30. The first-order valence-electron chi connectivity index (χ1n) is 13.1. The number of nitriles is 1. The van der Waals surface area contributed by atoms with Gasteiger partial charge in [0.15, 0.2) is 0 Å². The van der Waals surface area contributed by atoms with Crippen LogP contribution in [-0.2, 0) is 20.9 Å². The average molecular weight is 574 g/mol. The Morgan fingerprint density at radius 2 is 1.76 bits per heavy atom. The highest BCUT2D eigenvalue weighted by Gasteiger charge is 2.42. The monoisotopic (exact) mass is 573 g/mol. The van der Waals surface area contributed by atoms with E-state index in [9.17, 15) is 14.4 Å². The van der Waals surface area contributed by atoms with Gasteiger partial charge in [0.1, 0.15) is 17.5 Å². The molecule has 1 fully saturated rings. The summed E-state index contributed by atoms with van der Waals surface area (Å²) in [7, 11) is 1.43. The van der Waals surface area contributed by atoms with Gasteiger partial charge in [-0.3, -0.25) is 14.4 Å². The van der Waals surface area contributed by atoms with E-state index in [2.05, 4.69) is 15.6 Å². The number of hydrogen-bond acceptors (Lipinski definition) is 8. The second-order valence-corrected chi connectivity index (χ2v) is 10.6. The zero-order valence-electron chi connectivity index (χ0n) is 23.0. The third-order valence-corrected chi connectivity index (χ3v) is 7.90. The number of nitrogens with zero attached hydrogens (tertiary/aromatic N) is 3. The fraction of sp³-hybridized carbons (Fsp3) is 0.300. The summed E-state index contributed by atoms with van der Waals surface area (Å²) >= 11 is 1.40. The molecule has 41 heavy (non-hydrogen) atoms. The number of benzene rings is 2. The quantitative estimate of drug-likeness (QED) is 0.225. The largest absolute Gasteiger partial charge is 0.480 e. The molecule has 3 unspecified atom stereocenters. The van der Waals surface area contributed by atoms with Crippen LogP contribution in [0.25, 0.3) is 0 Å². The van der Waals surface area contributed by atoms with Gasteiger partial charge in [-0.25, -0.2) is 0 Å². The molecule has 4 rings (SSSR count). The third kappa shape index (κ3) is 7.29. The maximum atomic E-state index is 13.2. The first kappa shape index (κ1) is 29.3. The van der Waals surface area contributed by atoms with Crippen LogP contribution in [0.1, 0.15) is 41.1 Å². The Hall–Kier alpha value is -4.69. The normalized spacial score (nSPS) is 18.3. The van der Waals surface area contributed by atoms with Gasteiger partial charge in [-0.2, -0.15) is 5.26 Å². The van der Waals surface area contributed by atoms with E-state index in [0.29, 0.717) is 29.0 Å². The van der Waals surface area contributed by atoms with Crippen molar-refractivity contribution in [3.8, 4) is 17.7 Å². The van der Waals surface area contributed by atoms with E-state index in [-0.39, 0.29) is 42.8 Å². The first-order valence-corrected chi connectivity index (χ1v) is 14.0. The SMILES string of the molecule is COC(=NC#N)c1csc(CNC(=O)C2CC(C)C(C)N2C(=O)CNC(=O)c2ccc(Oc3ccccc3)cc2)c1. The van der Waals surface area contributed by atoms with Crippen molar-refractivity contribution in [1.29, 1.82) is 5.26 Å². The molecule has 1 aliphatic heterocycles. The van der Waals surface area contributed by atoms with Gasteiger partial charge >= 0.3 is 0 Å². The molecule has 2 aromatic carbocycles. The van der Waals surface area contributed by atoms with Crippen molar-refractivity contribution >= 4 is 35.0 Å². The fourth-order valence-corrected chi connectivity index (χ4v) is 5.45. The van der Waals surface area contributed by atoms with Crippen LogP contribution in [-0.4, -0.2) is 54.3 Å². The zero-order valence-corrected chi connectivity index (χ0v) is 23.8. The number of nitrogens with one attached hydrogen (secondary N) is 2. The predicted molar refractivity (Wildman–Crippen MR) is 154 cm³/mol. The Morgan fingerprint density at radius 3 is 2.44 bits per heavy atom. The number of hydrogen-bond donors (Lipinski definition) is 2. The Kier molecular flexibility index (Phi) is 9.71. The number of carbonyl (C=O) groups excluding carboxylic acids is 3. The Morgan fingerprint density at radius 1 is 1.05 bits per heavy atom. The molecule has 0 aliphatic carbocycles. The van der Waals surface area contributed by atoms with Gasteiger partial charge in [0.25, 0.3) is 5.91 Å². The number of aliphatic imine (C=N–C) groups is 1. The summed E-state index contributed by atoms with van der Waals surface area (Å²) in [6.07, 6.45) is 2.22. The van der Waals surface area contributed by atoms with Gasteiger partial charge in [0.05, 0.1) is 20.2 Å². The number of carbonyl (C=O) groups is 3. The molecule has 3 atom stereocenters. The van der Waals surface area contributed by atoms with Crippen molar-refractivity contribution in [2.45, 2.75) is 38.9 Å². The maximum Gasteiger partial charge on any atom is 0.251 e. The van der Waals surface area contributed by atoms with E-state index < -0.39 is 11.9 Å². The molecule has 10 nitrogen and oxygen atoms in total. The lowest BCUT2D eigenvalue weighted by molar-refractivity contribution is -0.139. The smallest absolute Gasteiger partial charge is 0.251 e. The molecule has 1 aromatic heterocycles. The van der Waals surface area contributed by atoms with Crippen LogP contribution in [0, 0.1) is 17.4 Å². The van der Waals surface area contributed by atoms with Gasteiger partial charge < -0.3 is 25.0 Å². The molecule has 0 spiro atoms. The van der Waals surface area contributed by atoms with Crippen LogP contribution in [0.3, 0.4) is 0 Å². The zero-order chi connectivity index (χ0) is 29.4. The summed E-state index contributed by atoms with van der Waals surface area (Å²) in [5.41, 5.74) is 1.04. The number of likely N-dealkylation sites (tertiary alicyclic amines) is 1. The van der Waals surface area contributed by atoms with Crippen LogP contribution in [0.2, 0.25) is 0 Å². The fourth-order valence-electron chi connectivity index (χ4n) is 4.65. The van der Waals surface area contributed by atoms with Crippen molar-refractivity contribution < 1.29 is 23.9 Å². The topological polar surface area (TPSA) is 133 Å². The summed E-state index contributed by atoms with van der Waals surface area (Å²) in [6.45, 7) is 3.95. The summed E-state index contributed by atoms with van der Waals surface area (Å²) in [4.78, 5) is 45.2. The molecular formula is C30H31N5O5S. The Balaban J connectivity index is 1.32. The molecule has 1 aliphatic rings. The van der Waals surface area contributed by atoms with Gasteiger partial charge in [-0.15, -0.1) is 16.3 Å². The minimum atomic E-state index is -0.645. The first-order chi connectivity index (χ1) is 19.8. The number of amides is 3. The number of para-hydroxylation sites is 1. The number of rotatable bonds is 9. The molecule has 1 saturated heterocycles. The van der Waals surface area contributed by atoms with Gasteiger partial charge in [-0.1, -0.05) is 25.1 Å². The van der Waals surface area contributed by atoms with Gasteiger partial charge in [-0.05, 0) is 61.7 Å². The summed E-state index contributed by atoms with van der Waals surface area (Å²) < 4.78 is 10.9. The van der Waals surface area contributed by atoms with E-state index in [1.54, 1.807) is 46.8 Å². The molecule has 0 radical (unpaired) electrons. The molecule has 212 valence electrons. The van der Waals surface area contributed by atoms with Crippen LogP contribution < -0.4 is 15.4 Å². The molecule has 3 amide bonds. The molecular weight excluding hydrogens is 542 g/mol. The second-order valence-electron chi connectivity index (χ2n) is 9.63. The lowest BCUT2D eigenvalue weighted by Crippen LogP contribution is -2.51. The number of thiophene rings is 1. The van der Waals surface area contributed by atoms with Crippen molar-refractivity contribution in [3.63, 3.8) is 0 Å². The average Bonchev–Trinajstić information content (AvgIpc) is 3.58. The molecule has 0 saturated carbocycles. The summed E-state index contributed by atoms with van der Waals surface area (Å²) in [6, 6.07) is 16.9. The standard InChI is InChI=1S/C30H31N5O5S/c1-19-13-26(29(38)32-15-25-14-22(17-41-25)30(39-3)34-18-31)35(20(19)2)27(36)16-33-28(37)21-9-11-24(12-10-21)40-23-7-5-4-6-8-23/h4-12,14,17,19-20,26H,13,15-16H2,1-3H3,(H,32,38)(H,33,37). The van der Waals surface area contributed by atoms with E-state index in [0.717, 1.165) is 4.88 Å². The minimum absolute atomic E-state index is 0.113. The lowest BCUT2D eigenvalue weighted by Gasteiger charge is -2.28. The predicted octanol–water partition coefficient (Wildman–Crippen LogP) is 4.09. The summed E-state index contributed by atoms with van der Waals surface area (Å²) in [5.74, 6) is 0.614. The van der Waals surface area contributed by atoms with Crippen LogP contribution in [0.5, 0.6) is 11.5 Å². The molecule has 2 heterocycles. The van der Waals surface area contributed by atoms with Crippen LogP contribution in [0.4, 0.5) is 0 Å². The van der Waals surface area contributed by atoms with E-state index >= 15 is 0 Å². The molecule has 2 N–H and O–H groups in total. The van der Waals surface area contributed by atoms with E-state index in [4.69, 9.17) is 14.7 Å². The summed E-state index contributed by atoms with van der Waals surface area (Å²) in [5, 5.41) is 16.2. The highest BCUT2D eigenvalue weighted by atomic mass is 32.1. The second kappa shape index (κ2) is 13.6. The van der Waals surface area contributed by atoms with Crippen molar-refractivity contribution in [1.82, 2.24) is 15.5 Å². The van der Waals surface area contributed by atoms with E-state index in [1.807, 2.05) is 44.2 Å². The maximum absolute atomic E-state index is 13.2. The lowest BCUT2D eigenvalue weighted by atomic mass is 10.0. The van der Waals surface area contributed by atoms with Crippen molar-refractivity contribution in [2.24, 2.45) is 10.9 Å². The molecule has 3 aromatic rings. The Labute approximate surface area is 242 Å². The van der Waals surface area contributed by atoms with Crippen LogP contribution in [0.15, 0.2) is 71.0 Å². The Bertz CT molecular complexity index is 1450. The minimum Gasteiger partial charge on any atom is -0.480 e. The highest BCUT2D eigenvalue weighted by molar-refractivity contribution is 7.10. The molecule has 11 heteroatoms. The van der Waals surface area contributed by atoms with Gasteiger partial charge in [0, 0.05) is 27.4 Å². The number of methoxy groups -OCH3 is 1. The van der Waals surface area contributed by atoms with Gasteiger partial charge in [0.2, 0.25) is 23.9 Å².